The molecule has 0 unspecified atom stereocenters. The Kier molecular flexibility index (Phi) is 2.89. The second kappa shape index (κ2) is 4.59. The van der Waals surface area contributed by atoms with Crippen molar-refractivity contribution in [2.75, 3.05) is 24.2 Å². The Bertz CT molecular complexity index is 673. The van der Waals surface area contributed by atoms with Crippen LogP contribution in [0.2, 0.25) is 0 Å². The van der Waals surface area contributed by atoms with Gasteiger partial charge in [0.2, 0.25) is 0 Å². The molecule has 0 spiro atoms. The van der Waals surface area contributed by atoms with Gasteiger partial charge in [-0.25, -0.2) is 11.7 Å². The lowest BCUT2D eigenvalue weighted by Crippen LogP contribution is -2.41. The summed E-state index contributed by atoms with van der Waals surface area (Å²) >= 11 is 0. The van der Waals surface area contributed by atoms with Crippen molar-refractivity contribution in [1.29, 1.82) is 0 Å². The monoisotopic (exact) mass is 272 g/mol. The lowest BCUT2D eigenvalue weighted by molar-refractivity contribution is 0.368. The largest absolute Gasteiger partial charge is 0.496 e. The summed E-state index contributed by atoms with van der Waals surface area (Å²) in [5.74, 6) is 13.6. The van der Waals surface area contributed by atoms with Crippen LogP contribution in [-0.4, -0.2) is 14.2 Å². The number of anilines is 2. The van der Waals surface area contributed by atoms with Crippen LogP contribution in [0.15, 0.2) is 36.7 Å². The second-order valence-electron chi connectivity index (χ2n) is 4.44. The molecule has 0 bridgehead atoms. The van der Waals surface area contributed by atoms with Gasteiger partial charge in [0.1, 0.15) is 11.5 Å². The number of methoxy groups -OCH3 is 2. The summed E-state index contributed by atoms with van der Waals surface area (Å²) in [5, 5.41) is 4.83. The summed E-state index contributed by atoms with van der Waals surface area (Å²) in [6.07, 6.45) is 7.10. The summed E-state index contributed by atoms with van der Waals surface area (Å²) < 4.78 is 10.8. The Labute approximate surface area is 116 Å². The van der Waals surface area contributed by atoms with Crippen molar-refractivity contribution in [2.24, 2.45) is 11.7 Å². The van der Waals surface area contributed by atoms with E-state index in [9.17, 15) is 0 Å². The van der Waals surface area contributed by atoms with Crippen molar-refractivity contribution in [3.05, 3.63) is 47.1 Å². The average Bonchev–Trinajstić information content (AvgIpc) is 2.47. The van der Waals surface area contributed by atoms with Crippen LogP contribution >= 0.6 is 0 Å². The van der Waals surface area contributed by atoms with Gasteiger partial charge >= 0.3 is 0 Å². The summed E-state index contributed by atoms with van der Waals surface area (Å²) in [6.45, 7) is 0. The molecule has 0 aromatic heterocycles. The molecule has 2 aliphatic heterocycles. The van der Waals surface area contributed by atoms with Crippen molar-refractivity contribution in [1.82, 2.24) is 0 Å². The summed E-state index contributed by atoms with van der Waals surface area (Å²) in [4.78, 5) is 0. The highest BCUT2D eigenvalue weighted by atomic mass is 16.5. The molecule has 2 heterocycles. The molecular weight excluding hydrogens is 256 g/mol. The zero-order chi connectivity index (χ0) is 14.3. The summed E-state index contributed by atoms with van der Waals surface area (Å²) in [6, 6.07) is 3.89. The molecule has 0 atom stereocenters. The molecule has 0 radical (unpaired) electrons. The van der Waals surface area contributed by atoms with Crippen molar-refractivity contribution in [3.8, 4) is 0 Å². The number of hydrogen-bond donors (Lipinski definition) is 2. The van der Waals surface area contributed by atoms with Gasteiger partial charge in [-0.1, -0.05) is 0 Å². The smallest absolute Gasteiger partial charge is 0.129 e. The van der Waals surface area contributed by atoms with Gasteiger partial charge in [0.25, 0.3) is 0 Å². The molecule has 0 saturated heterocycles. The Morgan fingerprint density at radius 1 is 0.800 bits per heavy atom. The van der Waals surface area contributed by atoms with Gasteiger partial charge < -0.3 is 9.47 Å². The third-order valence-corrected chi connectivity index (χ3v) is 3.41. The number of fused-ring (bicyclic) bond motifs is 3. The Balaban J connectivity index is 2.45. The van der Waals surface area contributed by atoms with Crippen molar-refractivity contribution < 1.29 is 9.47 Å². The molecule has 0 amide bonds. The zero-order valence-electron chi connectivity index (χ0n) is 11.3. The minimum absolute atomic E-state index is 0.742. The molecule has 6 heteroatoms. The van der Waals surface area contributed by atoms with Crippen LogP contribution in [0.5, 0.6) is 0 Å². The molecule has 104 valence electrons. The number of ether oxygens (including phenoxy) is 2. The van der Waals surface area contributed by atoms with E-state index >= 15 is 0 Å². The number of nitrogens with zero attached hydrogens (tertiary/aromatic N) is 2. The van der Waals surface area contributed by atoms with E-state index in [2.05, 4.69) is 0 Å². The van der Waals surface area contributed by atoms with Gasteiger partial charge in [-0.15, -0.1) is 0 Å². The normalized spacial score (nSPS) is 16.2. The van der Waals surface area contributed by atoms with E-state index in [0.29, 0.717) is 0 Å². The van der Waals surface area contributed by atoms with E-state index in [1.165, 1.54) is 10.0 Å². The first-order chi connectivity index (χ1) is 9.67. The number of rotatable bonds is 2. The molecule has 0 fully saturated rings. The molecule has 4 N–H and O–H groups in total. The van der Waals surface area contributed by atoms with E-state index in [-0.39, 0.29) is 0 Å². The quantitative estimate of drug-likeness (QED) is 0.714. The third kappa shape index (κ3) is 1.66. The zero-order valence-corrected chi connectivity index (χ0v) is 11.3. The lowest BCUT2D eigenvalue weighted by atomic mass is 10.1. The number of nitrogens with two attached hydrogens (primary N) is 2. The maximum absolute atomic E-state index is 6.06. The molecule has 0 aliphatic carbocycles. The lowest BCUT2D eigenvalue weighted by Gasteiger charge is -2.28. The highest BCUT2D eigenvalue weighted by Gasteiger charge is 2.21. The highest BCUT2D eigenvalue weighted by Crippen LogP contribution is 2.25. The highest BCUT2D eigenvalue weighted by molar-refractivity contribution is 5.82. The maximum Gasteiger partial charge on any atom is 0.129 e. The average molecular weight is 272 g/mol. The number of hydrogen-bond acceptors (Lipinski definition) is 6. The fourth-order valence-electron chi connectivity index (χ4n) is 2.48. The molecule has 6 nitrogen and oxygen atoms in total. The van der Waals surface area contributed by atoms with Gasteiger partial charge in [-0.05, 0) is 24.3 Å². The first-order valence-electron chi connectivity index (χ1n) is 6.11. The number of benzene rings is 1. The van der Waals surface area contributed by atoms with Gasteiger partial charge in [-0.2, -0.15) is 0 Å². The standard InChI is InChI=1S/C14H16N4O2/c1-19-11-5-7-17(15)13-9(11)3-4-10-12(20-2)6-8-18(16)14(10)13/h3-8H,15-16H2,1-2H3. The van der Waals surface area contributed by atoms with Crippen LogP contribution in [0, 0.1) is 0 Å². The Morgan fingerprint density at radius 3 is 1.55 bits per heavy atom. The van der Waals surface area contributed by atoms with Crippen LogP contribution in [0.25, 0.3) is 11.5 Å². The van der Waals surface area contributed by atoms with Crippen LogP contribution in [0.4, 0.5) is 11.4 Å². The fourth-order valence-corrected chi connectivity index (χ4v) is 2.48. The molecule has 3 rings (SSSR count). The summed E-state index contributed by atoms with van der Waals surface area (Å²) in [7, 11) is 3.25. The molecular formula is C14H16N4O2. The van der Waals surface area contributed by atoms with Crippen LogP contribution in [0.1, 0.15) is 0 Å². The molecule has 20 heavy (non-hydrogen) atoms. The van der Waals surface area contributed by atoms with Crippen molar-refractivity contribution in [2.45, 2.75) is 0 Å². The van der Waals surface area contributed by atoms with Gasteiger partial charge in [0.05, 0.1) is 25.6 Å². The minimum atomic E-state index is 0.742. The summed E-state index contributed by atoms with van der Waals surface area (Å²) in [5.41, 5.74) is 1.56. The van der Waals surface area contributed by atoms with Gasteiger partial charge in [0, 0.05) is 22.8 Å². The Hall–Kier alpha value is -2.44. The predicted octanol–water partition coefficient (Wildman–Crippen LogP) is -0.389. The molecule has 2 aliphatic rings. The van der Waals surface area contributed by atoms with E-state index in [1.54, 1.807) is 26.6 Å². The van der Waals surface area contributed by atoms with Crippen LogP contribution in [0.3, 0.4) is 0 Å². The maximum atomic E-state index is 6.06. The first kappa shape index (κ1) is 12.6. The van der Waals surface area contributed by atoms with Crippen molar-refractivity contribution >= 4 is 22.9 Å². The van der Waals surface area contributed by atoms with Gasteiger partial charge in [0.15, 0.2) is 0 Å². The second-order valence-corrected chi connectivity index (χ2v) is 4.44. The van der Waals surface area contributed by atoms with Crippen LogP contribution in [-0.2, 0) is 9.47 Å². The molecule has 0 saturated carbocycles. The Morgan fingerprint density at radius 2 is 1.20 bits per heavy atom. The number of hydrazine groups is 2. The minimum Gasteiger partial charge on any atom is -0.496 e. The van der Waals surface area contributed by atoms with E-state index < -0.39 is 0 Å². The van der Waals surface area contributed by atoms with Crippen molar-refractivity contribution in [3.63, 3.8) is 0 Å². The van der Waals surface area contributed by atoms with E-state index in [4.69, 9.17) is 21.2 Å². The van der Waals surface area contributed by atoms with Gasteiger partial charge in [-0.3, -0.25) is 10.0 Å². The first-order valence-corrected chi connectivity index (χ1v) is 6.11. The topological polar surface area (TPSA) is 77.0 Å². The fraction of sp³-hybridized carbons (Fsp3) is 0.143. The SMILES string of the molecule is COC1=c2ccc3c(c2N(N)C=C1)N(N)C=CC=3OC. The van der Waals surface area contributed by atoms with Crippen LogP contribution < -0.4 is 32.1 Å². The predicted molar refractivity (Wildman–Crippen MR) is 78.1 cm³/mol. The van der Waals surface area contributed by atoms with E-state index in [0.717, 1.165) is 33.3 Å². The molecule has 1 aromatic carbocycles. The third-order valence-electron chi connectivity index (χ3n) is 3.41. The van der Waals surface area contributed by atoms with E-state index in [1.807, 2.05) is 24.3 Å². The molecule has 1 aromatic rings.